The molecule has 2 heterocycles. The number of hydrogen-bond donors (Lipinski definition) is 1. The molecule has 1 saturated heterocycles. The molecule has 160 valence electrons. The fourth-order valence-corrected chi connectivity index (χ4v) is 4.17. The van der Waals surface area contributed by atoms with Crippen molar-refractivity contribution in [3.63, 3.8) is 0 Å². The van der Waals surface area contributed by atoms with Gasteiger partial charge >= 0.3 is 0 Å². The first kappa shape index (κ1) is 21.1. The molecule has 0 bridgehead atoms. The average Bonchev–Trinajstić information content (AvgIpc) is 2.82. The maximum absolute atomic E-state index is 12.3. The number of pyridine rings is 1. The van der Waals surface area contributed by atoms with Gasteiger partial charge in [-0.3, -0.25) is 4.79 Å². The maximum atomic E-state index is 12.3. The van der Waals surface area contributed by atoms with Gasteiger partial charge in [-0.15, -0.1) is 0 Å². The SMILES string of the molecule is O=C(CC1CCN(CCN(c2ccccc2)c2ccccc2)CC1)Nc1ccccn1. The Hall–Kier alpha value is -3.18. The van der Waals surface area contributed by atoms with E-state index in [1.54, 1.807) is 6.20 Å². The second-order valence-corrected chi connectivity index (χ2v) is 8.08. The largest absolute Gasteiger partial charge is 0.340 e. The Kier molecular flexibility index (Phi) is 7.29. The number of piperidine rings is 1. The lowest BCUT2D eigenvalue weighted by Crippen LogP contribution is -2.39. The van der Waals surface area contributed by atoms with Crippen molar-refractivity contribution in [3.05, 3.63) is 85.1 Å². The molecule has 5 heteroatoms. The number of hydrogen-bond acceptors (Lipinski definition) is 4. The van der Waals surface area contributed by atoms with Crippen LogP contribution < -0.4 is 10.2 Å². The molecule has 0 aliphatic carbocycles. The fraction of sp³-hybridized carbons (Fsp3) is 0.308. The molecular formula is C26H30N4O. The second-order valence-electron chi connectivity index (χ2n) is 8.08. The van der Waals surface area contributed by atoms with Crippen molar-refractivity contribution in [2.24, 2.45) is 5.92 Å². The van der Waals surface area contributed by atoms with Gasteiger partial charge in [0.15, 0.2) is 0 Å². The quantitative estimate of drug-likeness (QED) is 0.566. The van der Waals surface area contributed by atoms with Crippen LogP contribution in [0.2, 0.25) is 0 Å². The van der Waals surface area contributed by atoms with Gasteiger partial charge in [-0.25, -0.2) is 4.98 Å². The van der Waals surface area contributed by atoms with Crippen LogP contribution in [0.3, 0.4) is 0 Å². The molecule has 2 aromatic carbocycles. The van der Waals surface area contributed by atoms with Crippen molar-refractivity contribution < 1.29 is 4.79 Å². The minimum absolute atomic E-state index is 0.0662. The Morgan fingerprint density at radius 2 is 1.52 bits per heavy atom. The normalized spacial score (nSPS) is 14.8. The average molecular weight is 415 g/mol. The Morgan fingerprint density at radius 3 is 2.10 bits per heavy atom. The van der Waals surface area contributed by atoms with E-state index in [0.717, 1.165) is 39.0 Å². The molecule has 0 saturated carbocycles. The summed E-state index contributed by atoms with van der Waals surface area (Å²) in [7, 11) is 0. The zero-order chi connectivity index (χ0) is 21.3. The predicted octanol–water partition coefficient (Wildman–Crippen LogP) is 4.96. The van der Waals surface area contributed by atoms with Crippen LogP contribution in [0.5, 0.6) is 0 Å². The summed E-state index contributed by atoms with van der Waals surface area (Å²) in [6.45, 7) is 4.04. The first-order chi connectivity index (χ1) is 15.3. The number of para-hydroxylation sites is 2. The van der Waals surface area contributed by atoms with Crippen LogP contribution in [0.15, 0.2) is 85.1 Å². The molecule has 1 N–H and O–H groups in total. The lowest BCUT2D eigenvalue weighted by Gasteiger charge is -2.34. The van der Waals surface area contributed by atoms with Crippen LogP contribution in [0, 0.1) is 5.92 Å². The van der Waals surface area contributed by atoms with Gasteiger partial charge in [0.2, 0.25) is 5.91 Å². The summed E-state index contributed by atoms with van der Waals surface area (Å²) in [6.07, 6.45) is 4.39. The number of carbonyl (C=O) groups is 1. The van der Waals surface area contributed by atoms with E-state index in [-0.39, 0.29) is 5.91 Å². The molecule has 5 nitrogen and oxygen atoms in total. The van der Waals surface area contributed by atoms with Gasteiger partial charge < -0.3 is 15.1 Å². The first-order valence-corrected chi connectivity index (χ1v) is 11.1. The van der Waals surface area contributed by atoms with Crippen LogP contribution >= 0.6 is 0 Å². The van der Waals surface area contributed by atoms with Crippen molar-refractivity contribution in [1.82, 2.24) is 9.88 Å². The maximum Gasteiger partial charge on any atom is 0.225 e. The second kappa shape index (κ2) is 10.7. The van der Waals surface area contributed by atoms with E-state index >= 15 is 0 Å². The minimum Gasteiger partial charge on any atom is -0.340 e. The molecule has 31 heavy (non-hydrogen) atoms. The number of benzene rings is 2. The van der Waals surface area contributed by atoms with E-state index in [1.807, 2.05) is 18.2 Å². The van der Waals surface area contributed by atoms with Gasteiger partial charge in [0.1, 0.15) is 5.82 Å². The highest BCUT2D eigenvalue weighted by Crippen LogP contribution is 2.26. The number of carbonyl (C=O) groups excluding carboxylic acids is 1. The third kappa shape index (κ3) is 6.15. The summed E-state index contributed by atoms with van der Waals surface area (Å²) in [4.78, 5) is 21.4. The van der Waals surface area contributed by atoms with E-state index in [0.29, 0.717) is 18.2 Å². The molecule has 0 radical (unpaired) electrons. The van der Waals surface area contributed by atoms with Crippen LogP contribution in [0.25, 0.3) is 0 Å². The molecule has 1 aromatic heterocycles. The predicted molar refractivity (Wildman–Crippen MR) is 127 cm³/mol. The van der Waals surface area contributed by atoms with Gasteiger partial charge in [-0.1, -0.05) is 42.5 Å². The summed E-state index contributed by atoms with van der Waals surface area (Å²) in [5, 5.41) is 2.91. The Balaban J connectivity index is 1.26. The zero-order valence-corrected chi connectivity index (χ0v) is 17.9. The van der Waals surface area contributed by atoms with Gasteiger partial charge in [-0.2, -0.15) is 0 Å². The summed E-state index contributed by atoms with van der Waals surface area (Å²) < 4.78 is 0. The van der Waals surface area contributed by atoms with Crippen molar-refractivity contribution in [3.8, 4) is 0 Å². The molecule has 0 atom stereocenters. The monoisotopic (exact) mass is 414 g/mol. The standard InChI is InChI=1S/C26H30N4O/c31-26(28-25-13-7-8-16-27-25)21-22-14-17-29(18-15-22)19-20-30(23-9-3-1-4-10-23)24-11-5-2-6-12-24/h1-13,16,22H,14-15,17-21H2,(H,27,28,31). The smallest absolute Gasteiger partial charge is 0.225 e. The van der Waals surface area contributed by atoms with Crippen molar-refractivity contribution in [1.29, 1.82) is 0 Å². The number of aromatic nitrogens is 1. The molecule has 3 aromatic rings. The van der Waals surface area contributed by atoms with Gasteiger partial charge in [-0.05, 0) is 68.2 Å². The highest BCUT2D eigenvalue weighted by atomic mass is 16.1. The molecular weight excluding hydrogens is 384 g/mol. The lowest BCUT2D eigenvalue weighted by atomic mass is 9.93. The number of anilines is 3. The van der Waals surface area contributed by atoms with E-state index in [2.05, 4.69) is 80.8 Å². The number of nitrogens with one attached hydrogen (secondary N) is 1. The summed E-state index contributed by atoms with van der Waals surface area (Å²) in [5.74, 6) is 1.14. The van der Waals surface area contributed by atoms with Crippen molar-refractivity contribution >= 4 is 23.1 Å². The lowest BCUT2D eigenvalue weighted by molar-refractivity contribution is -0.117. The summed E-state index contributed by atoms with van der Waals surface area (Å²) >= 11 is 0. The highest BCUT2D eigenvalue weighted by Gasteiger charge is 2.22. The van der Waals surface area contributed by atoms with E-state index < -0.39 is 0 Å². The van der Waals surface area contributed by atoms with E-state index in [9.17, 15) is 4.79 Å². The van der Waals surface area contributed by atoms with Crippen LogP contribution in [-0.4, -0.2) is 42.0 Å². The Bertz CT molecular complexity index is 886. The molecule has 1 aliphatic rings. The topological polar surface area (TPSA) is 48.5 Å². The highest BCUT2D eigenvalue weighted by molar-refractivity contribution is 5.89. The third-order valence-electron chi connectivity index (χ3n) is 5.89. The zero-order valence-electron chi connectivity index (χ0n) is 17.9. The Morgan fingerprint density at radius 1 is 0.903 bits per heavy atom. The molecule has 4 rings (SSSR count). The number of likely N-dealkylation sites (tertiary alicyclic amines) is 1. The number of rotatable bonds is 8. The van der Waals surface area contributed by atoms with Gasteiger partial charge in [0.25, 0.3) is 0 Å². The first-order valence-electron chi connectivity index (χ1n) is 11.1. The van der Waals surface area contributed by atoms with Gasteiger partial charge in [0.05, 0.1) is 0 Å². The fourth-order valence-electron chi connectivity index (χ4n) is 4.17. The van der Waals surface area contributed by atoms with E-state index in [4.69, 9.17) is 0 Å². The molecule has 1 aliphatic heterocycles. The minimum atomic E-state index is 0.0662. The van der Waals surface area contributed by atoms with Crippen LogP contribution in [0.4, 0.5) is 17.2 Å². The molecule has 0 spiro atoms. The third-order valence-corrected chi connectivity index (χ3v) is 5.89. The molecule has 1 amide bonds. The van der Waals surface area contributed by atoms with Gasteiger partial charge in [0, 0.05) is 37.1 Å². The van der Waals surface area contributed by atoms with Crippen molar-refractivity contribution in [2.45, 2.75) is 19.3 Å². The summed E-state index contributed by atoms with van der Waals surface area (Å²) in [5.41, 5.74) is 2.43. The number of nitrogens with zero attached hydrogens (tertiary/aromatic N) is 3. The molecule has 1 fully saturated rings. The Labute approximate surface area is 184 Å². The molecule has 0 unspecified atom stereocenters. The van der Waals surface area contributed by atoms with Crippen LogP contribution in [0.1, 0.15) is 19.3 Å². The summed E-state index contributed by atoms with van der Waals surface area (Å²) in [6, 6.07) is 26.7. The van der Waals surface area contributed by atoms with E-state index in [1.165, 1.54) is 11.4 Å². The van der Waals surface area contributed by atoms with Crippen molar-refractivity contribution in [2.75, 3.05) is 36.4 Å². The van der Waals surface area contributed by atoms with Crippen LogP contribution in [-0.2, 0) is 4.79 Å². The number of amides is 1.